The van der Waals surface area contributed by atoms with Gasteiger partial charge in [0, 0.05) is 24.6 Å². The molecule has 0 spiro atoms. The molecule has 0 aliphatic carbocycles. The van der Waals surface area contributed by atoms with Crippen molar-refractivity contribution < 1.29 is 27.8 Å². The van der Waals surface area contributed by atoms with E-state index < -0.39 is 28.7 Å². The molecule has 0 radical (unpaired) electrons. The van der Waals surface area contributed by atoms with Crippen LogP contribution < -0.4 is 14.8 Å². The predicted octanol–water partition coefficient (Wildman–Crippen LogP) is 5.16. The molecule has 3 aromatic carbocycles. The van der Waals surface area contributed by atoms with E-state index in [-0.39, 0.29) is 18.2 Å². The maximum absolute atomic E-state index is 13.5. The maximum Gasteiger partial charge on any atom is 0.262 e. The van der Waals surface area contributed by atoms with Gasteiger partial charge in [-0.2, -0.15) is 10.1 Å². The number of aliphatic imine (C=N–C) groups is 1. The van der Waals surface area contributed by atoms with Crippen LogP contribution in [0.2, 0.25) is 0 Å². The molecule has 2 atom stereocenters. The Balaban J connectivity index is 1.35. The zero-order valence-corrected chi connectivity index (χ0v) is 21.9. The van der Waals surface area contributed by atoms with Crippen LogP contribution >= 0.6 is 11.8 Å². The number of nitrogens with zero attached hydrogens (tertiary/aromatic N) is 3. The second-order valence-electron chi connectivity index (χ2n) is 8.83. The summed E-state index contributed by atoms with van der Waals surface area (Å²) in [6.45, 7) is 0. The predicted molar refractivity (Wildman–Crippen MR) is 145 cm³/mol. The molecular weight excluding hydrogens is 526 g/mol. The van der Waals surface area contributed by atoms with Crippen LogP contribution in [-0.2, 0) is 9.59 Å². The number of nitrogens with one attached hydrogen (secondary N) is 1. The Kier molecular flexibility index (Phi) is 7.60. The molecule has 0 aromatic heterocycles. The van der Waals surface area contributed by atoms with E-state index in [4.69, 9.17) is 14.6 Å². The number of halogens is 2. The van der Waals surface area contributed by atoms with Gasteiger partial charge in [-0.15, -0.1) is 0 Å². The topological polar surface area (TPSA) is 92.6 Å². The largest absolute Gasteiger partial charge is 0.497 e. The number of amides is 2. The number of anilines is 1. The number of carbonyl (C=O) groups excluding carboxylic acids is 2. The summed E-state index contributed by atoms with van der Waals surface area (Å²) in [5, 5.41) is 8.65. The van der Waals surface area contributed by atoms with Crippen LogP contribution in [0.1, 0.15) is 30.0 Å². The van der Waals surface area contributed by atoms with Crippen LogP contribution in [0.4, 0.5) is 14.5 Å². The van der Waals surface area contributed by atoms with Gasteiger partial charge in [0.25, 0.3) is 5.91 Å². The molecule has 0 bridgehead atoms. The summed E-state index contributed by atoms with van der Waals surface area (Å²) >= 11 is 1.15. The van der Waals surface area contributed by atoms with Crippen LogP contribution in [0.3, 0.4) is 0 Å². The molecule has 2 heterocycles. The third kappa shape index (κ3) is 5.78. The number of thioether (sulfide) groups is 1. The number of hydrogen-bond donors (Lipinski definition) is 1. The summed E-state index contributed by atoms with van der Waals surface area (Å²) < 4.78 is 37.2. The molecule has 0 saturated carbocycles. The fourth-order valence-corrected chi connectivity index (χ4v) is 5.35. The van der Waals surface area contributed by atoms with Gasteiger partial charge in [-0.1, -0.05) is 23.9 Å². The zero-order valence-electron chi connectivity index (χ0n) is 21.1. The molecule has 3 aromatic rings. The van der Waals surface area contributed by atoms with Crippen molar-refractivity contribution in [2.45, 2.75) is 24.1 Å². The number of benzene rings is 3. The minimum absolute atomic E-state index is 0.100. The van der Waals surface area contributed by atoms with Crippen LogP contribution in [0.5, 0.6) is 11.5 Å². The number of ether oxygens (including phenoxy) is 2. The van der Waals surface area contributed by atoms with Crippen LogP contribution in [0.25, 0.3) is 0 Å². The van der Waals surface area contributed by atoms with E-state index in [9.17, 15) is 18.4 Å². The van der Waals surface area contributed by atoms with E-state index in [0.29, 0.717) is 11.6 Å². The number of methoxy groups -OCH3 is 2. The van der Waals surface area contributed by atoms with Crippen molar-refractivity contribution in [3.05, 3.63) is 89.5 Å². The summed E-state index contributed by atoms with van der Waals surface area (Å²) in [6.07, 6.45) is 0.374. The fourth-order valence-electron chi connectivity index (χ4n) is 4.29. The Labute approximate surface area is 227 Å². The molecule has 2 amide bonds. The normalized spacial score (nSPS) is 18.6. The van der Waals surface area contributed by atoms with Gasteiger partial charge in [0.2, 0.25) is 5.91 Å². The van der Waals surface area contributed by atoms with Gasteiger partial charge < -0.3 is 14.8 Å². The van der Waals surface area contributed by atoms with Crippen molar-refractivity contribution in [1.29, 1.82) is 0 Å². The van der Waals surface area contributed by atoms with Crippen LogP contribution in [-0.4, -0.2) is 47.2 Å². The van der Waals surface area contributed by atoms with E-state index >= 15 is 0 Å². The smallest absolute Gasteiger partial charge is 0.262 e. The second-order valence-corrected chi connectivity index (χ2v) is 10.0. The van der Waals surface area contributed by atoms with Crippen molar-refractivity contribution in [2.24, 2.45) is 10.1 Å². The van der Waals surface area contributed by atoms with Gasteiger partial charge in [0.1, 0.15) is 16.7 Å². The molecule has 0 saturated heterocycles. The minimum atomic E-state index is -1.08. The standard InChI is InChI=1S/C28H24F2N4O4S/c1-37-19-8-3-16(4-9-19)23-14-24(17-5-10-20(38-2)11-6-17)34(33-23)28-32-27(36)25(39-28)15-26(35)31-18-7-12-21(29)22(30)13-18/h3-13,24-25H,14-15H2,1-2H3,(H,31,35). The average molecular weight is 551 g/mol. The zero-order chi connectivity index (χ0) is 27.5. The third-order valence-corrected chi connectivity index (χ3v) is 7.48. The number of rotatable bonds is 7. The van der Waals surface area contributed by atoms with Crippen LogP contribution in [0, 0.1) is 11.6 Å². The van der Waals surface area contributed by atoms with Crippen LogP contribution in [0.15, 0.2) is 76.8 Å². The lowest BCUT2D eigenvalue weighted by Crippen LogP contribution is -2.25. The molecule has 5 rings (SSSR count). The Hall–Kier alpha value is -4.25. The van der Waals surface area contributed by atoms with Gasteiger partial charge in [-0.3, -0.25) is 9.59 Å². The quantitative estimate of drug-likeness (QED) is 0.437. The first-order valence-electron chi connectivity index (χ1n) is 12.0. The summed E-state index contributed by atoms with van der Waals surface area (Å²) in [5.74, 6) is -1.62. The van der Waals surface area contributed by atoms with E-state index in [1.807, 2.05) is 48.5 Å². The average Bonchev–Trinajstić information content (AvgIpc) is 3.54. The SMILES string of the molecule is COc1ccc(C2=NN(C3=NC(=O)C(CC(=O)Nc4ccc(F)c(F)c4)S3)C(c3ccc(OC)cc3)C2)cc1. The molecule has 0 fully saturated rings. The lowest BCUT2D eigenvalue weighted by Gasteiger charge is -2.23. The highest BCUT2D eigenvalue weighted by atomic mass is 32.2. The number of carbonyl (C=O) groups is 2. The van der Waals surface area contributed by atoms with Crippen molar-refractivity contribution in [2.75, 3.05) is 19.5 Å². The Morgan fingerprint density at radius 3 is 2.31 bits per heavy atom. The van der Waals surface area contributed by atoms with E-state index in [2.05, 4.69) is 10.3 Å². The number of hydrazone groups is 1. The summed E-state index contributed by atoms with van der Waals surface area (Å²) in [7, 11) is 3.20. The summed E-state index contributed by atoms with van der Waals surface area (Å²) in [4.78, 5) is 29.6. The highest BCUT2D eigenvalue weighted by molar-refractivity contribution is 8.15. The maximum atomic E-state index is 13.5. The first-order valence-corrected chi connectivity index (χ1v) is 12.9. The molecule has 2 unspecified atom stereocenters. The lowest BCUT2D eigenvalue weighted by molar-refractivity contribution is -0.121. The third-order valence-electron chi connectivity index (χ3n) is 6.33. The fraction of sp³-hybridized carbons (Fsp3) is 0.214. The van der Waals surface area contributed by atoms with Crippen molar-refractivity contribution in [3.8, 4) is 11.5 Å². The van der Waals surface area contributed by atoms with Gasteiger partial charge in [-0.25, -0.2) is 13.8 Å². The Morgan fingerprint density at radius 1 is 1.00 bits per heavy atom. The van der Waals surface area contributed by atoms with Crippen molar-refractivity contribution in [1.82, 2.24) is 5.01 Å². The molecule has 8 nitrogen and oxygen atoms in total. The molecule has 2 aliphatic heterocycles. The van der Waals surface area contributed by atoms with Crippen molar-refractivity contribution >= 4 is 40.1 Å². The van der Waals surface area contributed by atoms with Gasteiger partial charge >= 0.3 is 0 Å². The van der Waals surface area contributed by atoms with E-state index in [0.717, 1.165) is 52.2 Å². The molecule has 11 heteroatoms. The molecule has 2 aliphatic rings. The van der Waals surface area contributed by atoms with Gasteiger partial charge in [0.05, 0.1) is 26.0 Å². The Bertz CT molecular complexity index is 1460. The summed E-state index contributed by atoms with van der Waals surface area (Å²) in [6, 6.07) is 18.0. The molecular formula is C28H24F2N4O4S. The minimum Gasteiger partial charge on any atom is -0.497 e. The number of amidine groups is 1. The number of hydrogen-bond acceptors (Lipinski definition) is 7. The molecule has 200 valence electrons. The van der Waals surface area contributed by atoms with Crippen molar-refractivity contribution in [3.63, 3.8) is 0 Å². The second kappa shape index (κ2) is 11.2. The first kappa shape index (κ1) is 26.4. The van der Waals surface area contributed by atoms with Gasteiger partial charge in [0.15, 0.2) is 16.8 Å². The highest BCUT2D eigenvalue weighted by Crippen LogP contribution is 2.39. The molecule has 39 heavy (non-hydrogen) atoms. The van der Waals surface area contributed by atoms with Gasteiger partial charge in [-0.05, 0) is 59.7 Å². The highest BCUT2D eigenvalue weighted by Gasteiger charge is 2.39. The van der Waals surface area contributed by atoms with E-state index in [1.165, 1.54) is 6.07 Å². The van der Waals surface area contributed by atoms with E-state index in [1.54, 1.807) is 19.2 Å². The monoisotopic (exact) mass is 550 g/mol. The summed E-state index contributed by atoms with van der Waals surface area (Å²) in [5.41, 5.74) is 2.78. The lowest BCUT2D eigenvalue weighted by atomic mass is 9.98. The Morgan fingerprint density at radius 2 is 1.67 bits per heavy atom. The first-order chi connectivity index (χ1) is 18.8. The molecule has 1 N–H and O–H groups in total.